The molecule has 272 valence electrons. The predicted octanol–water partition coefficient (Wildman–Crippen LogP) is 11.4. The lowest BCUT2D eigenvalue weighted by Gasteiger charge is -2.05. The van der Waals surface area contributed by atoms with Crippen molar-refractivity contribution in [3.63, 3.8) is 0 Å². The van der Waals surface area contributed by atoms with Crippen molar-refractivity contribution in [2.45, 2.75) is 0 Å². The van der Waals surface area contributed by atoms with Crippen LogP contribution in [0.15, 0.2) is 229 Å². The number of rotatable bonds is 7. The zero-order valence-electron chi connectivity index (χ0n) is 30.7. The van der Waals surface area contributed by atoms with E-state index in [1.54, 1.807) is 12.2 Å². The molecule has 0 bridgehead atoms. The van der Waals surface area contributed by atoms with Crippen molar-refractivity contribution in [1.82, 2.24) is 0 Å². The summed E-state index contributed by atoms with van der Waals surface area (Å²) in [6.07, 6.45) is 30.6. The molecule has 4 aromatic rings. The molecular weight excluding hydrogens is 703 g/mol. The number of nitrogens with two attached hydrogens (primary N) is 1. The highest BCUT2D eigenvalue weighted by Crippen LogP contribution is 2.24. The van der Waals surface area contributed by atoms with Crippen molar-refractivity contribution in [1.29, 1.82) is 5.41 Å². The summed E-state index contributed by atoms with van der Waals surface area (Å²) in [4.78, 5) is 32.9. The Morgan fingerprint density at radius 2 is 0.404 bits per heavy atom. The Morgan fingerprint density at radius 1 is 0.246 bits per heavy atom. The lowest BCUT2D eigenvalue weighted by molar-refractivity contribution is 1.46. The molecule has 0 saturated heterocycles. The van der Waals surface area contributed by atoms with Crippen molar-refractivity contribution in [2.75, 3.05) is 5.73 Å². The second-order valence-electron chi connectivity index (χ2n) is 13.0. The first kappa shape index (κ1) is 36.0. The van der Waals surface area contributed by atoms with Crippen LogP contribution in [0.5, 0.6) is 0 Å². The molecule has 0 aliphatic heterocycles. The van der Waals surface area contributed by atoms with Crippen LogP contribution in [0, 0.1) is 5.41 Å². The standard InChI is InChI=1S/C48H35N9/c49-33-1-5-35(6-2-33)51-37-9-13-39(14-10-37)53-41-17-21-43(22-18-41)55-45-25-29-47(30-26-45)57-48-31-27-46(28-32-48)56-44-23-19-42(20-24-44)54-40-15-11-38(12-16-40)52-36-7-3-34(50)4-8-36/h1-32,49H,50H2. The molecule has 9 nitrogen and oxygen atoms in total. The summed E-state index contributed by atoms with van der Waals surface area (Å²) in [5.74, 6) is 0. The molecule has 0 amide bonds. The second kappa shape index (κ2) is 17.0. The first-order valence-electron chi connectivity index (χ1n) is 18.2. The van der Waals surface area contributed by atoms with Crippen LogP contribution in [0.3, 0.4) is 0 Å². The van der Waals surface area contributed by atoms with Gasteiger partial charge in [-0.25, -0.2) is 34.9 Å². The third-order valence-corrected chi connectivity index (χ3v) is 8.67. The van der Waals surface area contributed by atoms with E-state index in [1.807, 2.05) is 182 Å². The molecule has 9 heteroatoms. The van der Waals surface area contributed by atoms with Gasteiger partial charge in [-0.15, -0.1) is 0 Å². The molecule has 4 aromatic carbocycles. The van der Waals surface area contributed by atoms with E-state index in [0.717, 1.165) is 79.8 Å². The molecule has 4 aliphatic rings. The van der Waals surface area contributed by atoms with Gasteiger partial charge in [0, 0.05) is 5.69 Å². The van der Waals surface area contributed by atoms with Gasteiger partial charge in [0.1, 0.15) is 0 Å². The van der Waals surface area contributed by atoms with Crippen molar-refractivity contribution < 1.29 is 0 Å². The van der Waals surface area contributed by atoms with Crippen LogP contribution in [0.2, 0.25) is 0 Å². The summed E-state index contributed by atoms with van der Waals surface area (Å²) >= 11 is 0. The van der Waals surface area contributed by atoms with Crippen LogP contribution < -0.4 is 5.73 Å². The van der Waals surface area contributed by atoms with E-state index in [-0.39, 0.29) is 0 Å². The summed E-state index contributed by atoms with van der Waals surface area (Å²) in [7, 11) is 0. The minimum atomic E-state index is 0.467. The number of allylic oxidation sites excluding steroid dienone is 16. The molecule has 0 spiro atoms. The van der Waals surface area contributed by atoms with Crippen molar-refractivity contribution in [3.8, 4) is 0 Å². The number of nitrogens with zero attached hydrogens (tertiary/aromatic N) is 7. The van der Waals surface area contributed by atoms with Crippen molar-refractivity contribution >= 4 is 91.2 Å². The maximum Gasteiger partial charge on any atom is 0.0638 e. The summed E-state index contributed by atoms with van der Waals surface area (Å²) in [5, 5.41) is 7.61. The van der Waals surface area contributed by atoms with Gasteiger partial charge in [-0.2, -0.15) is 0 Å². The maximum absolute atomic E-state index is 7.61. The van der Waals surface area contributed by atoms with Gasteiger partial charge in [0.15, 0.2) is 0 Å². The summed E-state index contributed by atoms with van der Waals surface area (Å²) in [6.45, 7) is 0. The van der Waals surface area contributed by atoms with Crippen LogP contribution in [0.4, 0.5) is 45.5 Å². The Kier molecular flexibility index (Phi) is 10.7. The molecule has 3 N–H and O–H groups in total. The average Bonchev–Trinajstić information content (AvgIpc) is 3.24. The molecule has 0 atom stereocenters. The molecular formula is C48H35N9. The molecule has 4 aliphatic carbocycles. The van der Waals surface area contributed by atoms with Crippen molar-refractivity contribution in [3.05, 3.63) is 194 Å². The highest BCUT2D eigenvalue weighted by Gasteiger charge is 2.05. The van der Waals surface area contributed by atoms with Crippen molar-refractivity contribution in [2.24, 2.45) is 34.9 Å². The number of anilines is 1. The largest absolute Gasteiger partial charge is 0.399 e. The number of benzene rings is 4. The fourth-order valence-electron chi connectivity index (χ4n) is 5.74. The number of hydrogen-bond donors (Lipinski definition) is 2. The Morgan fingerprint density at radius 3 is 0.596 bits per heavy atom. The average molecular weight is 738 g/mol. The van der Waals surface area contributed by atoms with Gasteiger partial charge < -0.3 is 11.1 Å². The van der Waals surface area contributed by atoms with Crippen LogP contribution in [0.25, 0.3) is 0 Å². The van der Waals surface area contributed by atoms with Gasteiger partial charge in [-0.1, -0.05) is 0 Å². The molecule has 8 rings (SSSR count). The second-order valence-corrected chi connectivity index (χ2v) is 13.0. The van der Waals surface area contributed by atoms with E-state index in [1.165, 1.54) is 0 Å². The van der Waals surface area contributed by atoms with Gasteiger partial charge in [0.25, 0.3) is 0 Å². The SMILES string of the molecule is N=C1C=CC(=Nc2ccc(N=C3C=CC(=Nc4ccc(N=C5C=CC(=Nc6ccc(N=C7C=CC(=Nc8ccc(N)cc8)C=C7)cc6)C=C5)cc4)C=C3)cc2)C=C1. The normalized spacial score (nSPS) is 15.4. The summed E-state index contributed by atoms with van der Waals surface area (Å²) in [5.41, 5.74) is 18.7. The minimum absolute atomic E-state index is 0.467. The van der Waals surface area contributed by atoms with E-state index in [2.05, 4.69) is 9.98 Å². The Hall–Kier alpha value is -8.04. The third kappa shape index (κ3) is 10.1. The molecule has 0 fully saturated rings. The zero-order chi connectivity index (χ0) is 38.8. The van der Waals surface area contributed by atoms with Crippen LogP contribution >= 0.6 is 0 Å². The fourth-order valence-corrected chi connectivity index (χ4v) is 5.74. The quantitative estimate of drug-likeness (QED) is 0.142. The molecule has 0 saturated carbocycles. The van der Waals surface area contributed by atoms with Gasteiger partial charge >= 0.3 is 0 Å². The number of aliphatic imine (C=N–C) groups is 7. The van der Waals surface area contributed by atoms with Gasteiger partial charge in [0.2, 0.25) is 0 Å². The number of hydrogen-bond acceptors (Lipinski definition) is 9. The van der Waals surface area contributed by atoms with E-state index in [4.69, 9.17) is 36.1 Å². The van der Waals surface area contributed by atoms with Crippen LogP contribution in [-0.2, 0) is 0 Å². The number of nitrogen functional groups attached to an aromatic ring is 1. The predicted molar refractivity (Wildman–Crippen MR) is 241 cm³/mol. The maximum atomic E-state index is 7.61. The number of nitrogens with one attached hydrogen (secondary N) is 1. The lowest BCUT2D eigenvalue weighted by Crippen LogP contribution is -1.99. The monoisotopic (exact) mass is 737 g/mol. The van der Waals surface area contributed by atoms with Gasteiger partial charge in [0.05, 0.1) is 85.5 Å². The van der Waals surface area contributed by atoms with Gasteiger partial charge in [-0.3, -0.25) is 0 Å². The molecule has 0 radical (unpaired) electrons. The van der Waals surface area contributed by atoms with E-state index in [9.17, 15) is 0 Å². The summed E-state index contributed by atoms with van der Waals surface area (Å²) < 4.78 is 0. The first-order chi connectivity index (χ1) is 27.9. The van der Waals surface area contributed by atoms with E-state index < -0.39 is 0 Å². The van der Waals surface area contributed by atoms with Crippen LogP contribution in [0.1, 0.15) is 0 Å². The highest BCUT2D eigenvalue weighted by atomic mass is 14.8. The zero-order valence-corrected chi connectivity index (χ0v) is 30.7. The van der Waals surface area contributed by atoms with Gasteiger partial charge in [-0.05, 0) is 194 Å². The Balaban J connectivity index is 0.826. The Bertz CT molecular complexity index is 2610. The molecule has 0 aromatic heterocycles. The smallest absolute Gasteiger partial charge is 0.0638 e. The van der Waals surface area contributed by atoms with E-state index >= 15 is 0 Å². The topological polar surface area (TPSA) is 136 Å². The molecule has 0 unspecified atom stereocenters. The van der Waals surface area contributed by atoms with E-state index in [0.29, 0.717) is 11.4 Å². The first-order valence-corrected chi connectivity index (χ1v) is 18.2. The summed E-state index contributed by atoms with van der Waals surface area (Å²) in [6, 6.07) is 30.9. The third-order valence-electron chi connectivity index (χ3n) is 8.67. The van der Waals surface area contributed by atoms with Crippen LogP contribution in [-0.4, -0.2) is 45.7 Å². The minimum Gasteiger partial charge on any atom is -0.399 e. The highest BCUT2D eigenvalue weighted by molar-refractivity contribution is 6.21. The molecule has 57 heavy (non-hydrogen) atoms. The lowest BCUT2D eigenvalue weighted by atomic mass is 10.1. The Labute approximate surface area is 330 Å². The molecule has 0 heterocycles. The fraction of sp³-hybridized carbons (Fsp3) is 0.